The number of guanidine groups is 2. The van der Waals surface area contributed by atoms with Crippen molar-refractivity contribution in [2.24, 2.45) is 21.5 Å². The second-order valence-electron chi connectivity index (χ2n) is 5.22. The first-order valence-corrected chi connectivity index (χ1v) is 6.49. The molecule has 0 radical (unpaired) electrons. The first-order chi connectivity index (χ1) is 9.45. The Morgan fingerprint density at radius 2 is 2.35 bits per heavy atom. The van der Waals surface area contributed by atoms with E-state index in [0.29, 0.717) is 18.9 Å². The van der Waals surface area contributed by atoms with Crippen LogP contribution in [0.25, 0.3) is 0 Å². The molecule has 0 saturated carbocycles. The molecule has 6 N–H and O–H groups in total. The van der Waals surface area contributed by atoms with Crippen molar-refractivity contribution < 1.29 is 14.6 Å². The van der Waals surface area contributed by atoms with Crippen LogP contribution in [-0.4, -0.2) is 64.9 Å². The molecular weight excluding hydrogens is 264 g/mol. The molecule has 0 amide bonds. The monoisotopic (exact) mass is 282 g/mol. The first-order valence-electron chi connectivity index (χ1n) is 6.49. The normalized spacial score (nSPS) is 38.5. The van der Waals surface area contributed by atoms with Crippen molar-refractivity contribution in [1.82, 2.24) is 10.2 Å². The highest BCUT2D eigenvalue weighted by atomic mass is 16.5. The number of esters is 1. The van der Waals surface area contributed by atoms with Crippen LogP contribution in [0.5, 0.6) is 0 Å². The average molecular weight is 282 g/mol. The number of aliphatic imine (C=N–C) groups is 2. The second-order valence-corrected chi connectivity index (χ2v) is 5.22. The summed E-state index contributed by atoms with van der Waals surface area (Å²) in [6, 6.07) is -0.900. The van der Waals surface area contributed by atoms with Crippen LogP contribution in [-0.2, 0) is 9.53 Å². The van der Waals surface area contributed by atoms with Crippen molar-refractivity contribution in [2.75, 3.05) is 13.2 Å². The van der Waals surface area contributed by atoms with E-state index in [1.54, 1.807) is 4.90 Å². The zero-order valence-electron chi connectivity index (χ0n) is 11.1. The van der Waals surface area contributed by atoms with E-state index in [-0.39, 0.29) is 12.6 Å². The van der Waals surface area contributed by atoms with E-state index in [1.807, 2.05) is 0 Å². The predicted molar refractivity (Wildman–Crippen MR) is 70.7 cm³/mol. The summed E-state index contributed by atoms with van der Waals surface area (Å²) in [5.41, 5.74) is 10.9. The Bertz CT molecular complexity index is 506. The number of ether oxygens (including phenoxy) is 1. The Kier molecular flexibility index (Phi) is 2.75. The minimum atomic E-state index is -0.874. The van der Waals surface area contributed by atoms with Gasteiger partial charge in [-0.05, 0) is 6.42 Å². The van der Waals surface area contributed by atoms with E-state index in [1.165, 1.54) is 6.92 Å². The van der Waals surface area contributed by atoms with Gasteiger partial charge in [0.15, 0.2) is 17.6 Å². The average Bonchev–Trinajstić information content (AvgIpc) is 2.88. The van der Waals surface area contributed by atoms with Gasteiger partial charge in [-0.15, -0.1) is 0 Å². The summed E-state index contributed by atoms with van der Waals surface area (Å²) in [6.07, 6.45) is -0.130. The van der Waals surface area contributed by atoms with Crippen LogP contribution >= 0.6 is 0 Å². The predicted octanol–water partition coefficient (Wildman–Crippen LogP) is -2.70. The molecule has 0 aromatic rings. The van der Waals surface area contributed by atoms with E-state index >= 15 is 0 Å². The number of nitrogens with one attached hydrogen (secondary N) is 1. The van der Waals surface area contributed by atoms with E-state index in [2.05, 4.69) is 15.3 Å². The van der Waals surface area contributed by atoms with Gasteiger partial charge in [0, 0.05) is 13.5 Å². The summed E-state index contributed by atoms with van der Waals surface area (Å²) in [6.45, 7) is 1.96. The molecular formula is C11H18N6O3. The van der Waals surface area contributed by atoms with Crippen LogP contribution in [0.1, 0.15) is 13.3 Å². The highest BCUT2D eigenvalue weighted by molar-refractivity contribution is 5.87. The number of carbonyl (C=O) groups excluding carboxylic acids is 1. The smallest absolute Gasteiger partial charge is 0.302 e. The minimum Gasteiger partial charge on any atom is -0.464 e. The SMILES string of the molecule is CC(=O)OCC1N=C(N)N2CCC(O)C23NC(N)=NC13. The number of nitrogens with zero attached hydrogens (tertiary/aromatic N) is 3. The number of hydrogen-bond acceptors (Lipinski definition) is 9. The molecule has 0 bridgehead atoms. The van der Waals surface area contributed by atoms with Gasteiger partial charge in [0.2, 0.25) is 0 Å². The summed E-state index contributed by atoms with van der Waals surface area (Å²) >= 11 is 0. The molecule has 1 saturated heterocycles. The number of nitrogens with two attached hydrogens (primary N) is 2. The van der Waals surface area contributed by atoms with Crippen molar-refractivity contribution in [3.8, 4) is 0 Å². The third kappa shape index (κ3) is 1.62. The molecule has 1 fully saturated rings. The van der Waals surface area contributed by atoms with E-state index in [0.717, 1.165) is 0 Å². The third-order valence-corrected chi connectivity index (χ3v) is 4.03. The standard InChI is InChI=1S/C11H18N6O3/c1-5(18)20-4-6-8-11(16-9(12)15-8)7(19)2-3-17(11)10(13)14-6/h6-8,19H,2-4H2,1H3,(H2,13,14)(H3,12,15,16). The van der Waals surface area contributed by atoms with Crippen LogP contribution in [0.3, 0.4) is 0 Å². The Balaban J connectivity index is 1.95. The fourth-order valence-corrected chi connectivity index (χ4v) is 3.23. The van der Waals surface area contributed by atoms with Crippen LogP contribution in [0.15, 0.2) is 9.98 Å². The molecule has 3 rings (SSSR count). The van der Waals surface area contributed by atoms with Crippen molar-refractivity contribution in [2.45, 2.75) is 37.2 Å². The second kappa shape index (κ2) is 4.23. The van der Waals surface area contributed by atoms with E-state index in [9.17, 15) is 9.90 Å². The molecule has 0 aliphatic carbocycles. The Morgan fingerprint density at radius 3 is 3.05 bits per heavy atom. The van der Waals surface area contributed by atoms with Gasteiger partial charge in [-0.25, -0.2) is 9.98 Å². The number of hydrogen-bond donors (Lipinski definition) is 4. The molecule has 9 nitrogen and oxygen atoms in total. The van der Waals surface area contributed by atoms with Crippen molar-refractivity contribution in [1.29, 1.82) is 0 Å². The third-order valence-electron chi connectivity index (χ3n) is 4.03. The van der Waals surface area contributed by atoms with Crippen LogP contribution in [0, 0.1) is 0 Å². The summed E-state index contributed by atoms with van der Waals surface area (Å²) in [7, 11) is 0. The van der Waals surface area contributed by atoms with Crippen LogP contribution < -0.4 is 16.8 Å². The van der Waals surface area contributed by atoms with Crippen LogP contribution in [0.2, 0.25) is 0 Å². The summed E-state index contributed by atoms with van der Waals surface area (Å²) in [5.74, 6) is 0.135. The Labute approximate surface area is 115 Å². The minimum absolute atomic E-state index is 0.0570. The molecule has 1 spiro atoms. The molecule has 3 heterocycles. The highest BCUT2D eigenvalue weighted by Gasteiger charge is 2.62. The zero-order chi connectivity index (χ0) is 14.5. The summed E-state index contributed by atoms with van der Waals surface area (Å²) in [5, 5.41) is 13.4. The lowest BCUT2D eigenvalue weighted by Gasteiger charge is -2.46. The molecule has 0 aromatic heterocycles. The molecule has 4 unspecified atom stereocenters. The van der Waals surface area contributed by atoms with Gasteiger partial charge in [-0.1, -0.05) is 0 Å². The Hall–Kier alpha value is -2.03. The molecule has 3 aliphatic rings. The van der Waals surface area contributed by atoms with Gasteiger partial charge in [0.1, 0.15) is 18.7 Å². The highest BCUT2D eigenvalue weighted by Crippen LogP contribution is 2.39. The lowest BCUT2D eigenvalue weighted by Crippen LogP contribution is -2.72. The molecule has 0 aromatic carbocycles. The van der Waals surface area contributed by atoms with Gasteiger partial charge < -0.3 is 31.5 Å². The van der Waals surface area contributed by atoms with Gasteiger partial charge in [0.05, 0.1) is 6.10 Å². The zero-order valence-corrected chi connectivity index (χ0v) is 11.1. The topological polar surface area (TPSA) is 139 Å². The van der Waals surface area contributed by atoms with Crippen molar-refractivity contribution in [3.63, 3.8) is 0 Å². The van der Waals surface area contributed by atoms with Gasteiger partial charge in [-0.2, -0.15) is 0 Å². The lowest BCUT2D eigenvalue weighted by atomic mass is 9.89. The maximum absolute atomic E-state index is 11.0. The number of aliphatic hydroxyl groups excluding tert-OH is 1. The van der Waals surface area contributed by atoms with Crippen LogP contribution in [0.4, 0.5) is 0 Å². The number of rotatable bonds is 2. The van der Waals surface area contributed by atoms with Gasteiger partial charge in [-0.3, -0.25) is 4.79 Å². The van der Waals surface area contributed by atoms with E-state index < -0.39 is 29.8 Å². The maximum atomic E-state index is 11.0. The molecule has 9 heteroatoms. The van der Waals surface area contributed by atoms with Crippen molar-refractivity contribution in [3.05, 3.63) is 0 Å². The Morgan fingerprint density at radius 1 is 1.60 bits per heavy atom. The lowest BCUT2D eigenvalue weighted by molar-refractivity contribution is -0.142. The maximum Gasteiger partial charge on any atom is 0.302 e. The molecule has 20 heavy (non-hydrogen) atoms. The van der Waals surface area contributed by atoms with Crippen molar-refractivity contribution >= 4 is 17.9 Å². The van der Waals surface area contributed by atoms with Gasteiger partial charge in [0.25, 0.3) is 0 Å². The molecule has 3 aliphatic heterocycles. The summed E-state index contributed by atoms with van der Waals surface area (Å²) in [4.78, 5) is 21.4. The number of aliphatic hydroxyl groups is 1. The summed E-state index contributed by atoms with van der Waals surface area (Å²) < 4.78 is 5.01. The quantitative estimate of drug-likeness (QED) is 0.404. The largest absolute Gasteiger partial charge is 0.464 e. The molecule has 4 atom stereocenters. The molecule has 110 valence electrons. The number of carbonyl (C=O) groups is 1. The van der Waals surface area contributed by atoms with Gasteiger partial charge >= 0.3 is 5.97 Å². The fraction of sp³-hybridized carbons (Fsp3) is 0.727. The fourth-order valence-electron chi connectivity index (χ4n) is 3.23. The first kappa shape index (κ1) is 13.0. The van der Waals surface area contributed by atoms with E-state index in [4.69, 9.17) is 16.2 Å².